The number of aromatic amines is 1. The molecule has 0 spiro atoms. The van der Waals surface area contributed by atoms with Gasteiger partial charge in [-0.25, -0.2) is 0 Å². The summed E-state index contributed by atoms with van der Waals surface area (Å²) < 4.78 is 5.72. The molecule has 1 heterocycles. The number of pyridine rings is 1. The summed E-state index contributed by atoms with van der Waals surface area (Å²) in [4.78, 5) is 27.4. The van der Waals surface area contributed by atoms with Crippen molar-refractivity contribution < 1.29 is 9.53 Å². The Bertz CT molecular complexity index is 992. The minimum Gasteiger partial charge on any atom is -0.457 e. The zero-order valence-corrected chi connectivity index (χ0v) is 14.1. The molecule has 130 valence electrons. The summed E-state index contributed by atoms with van der Waals surface area (Å²) in [7, 11) is 0. The molecule has 0 saturated carbocycles. The lowest BCUT2D eigenvalue weighted by Gasteiger charge is -2.08. The molecule has 1 aliphatic carbocycles. The Labute approximate surface area is 150 Å². The minimum absolute atomic E-state index is 0.148. The standard InChI is InChI=1S/C21H18N2O3/c24-20(18-13-14-5-4-8-19(14)23-21(18)25)22-15-9-11-17(12-10-15)26-16-6-2-1-3-7-16/h1-3,6-7,9-13H,4-5,8H2,(H,22,24)(H,23,25). The highest BCUT2D eigenvalue weighted by molar-refractivity contribution is 6.04. The summed E-state index contributed by atoms with van der Waals surface area (Å²) in [6, 6.07) is 18.2. The van der Waals surface area contributed by atoms with E-state index in [1.807, 2.05) is 30.3 Å². The van der Waals surface area contributed by atoms with Crippen molar-refractivity contribution >= 4 is 11.6 Å². The quantitative estimate of drug-likeness (QED) is 0.752. The fourth-order valence-electron chi connectivity index (χ4n) is 3.11. The number of amides is 1. The number of nitrogens with one attached hydrogen (secondary N) is 2. The molecule has 0 fully saturated rings. The Kier molecular flexibility index (Phi) is 4.27. The molecule has 0 atom stereocenters. The zero-order chi connectivity index (χ0) is 17.9. The van der Waals surface area contributed by atoms with Gasteiger partial charge in [0.2, 0.25) is 0 Å². The highest BCUT2D eigenvalue weighted by atomic mass is 16.5. The molecule has 3 aromatic rings. The molecule has 26 heavy (non-hydrogen) atoms. The smallest absolute Gasteiger partial charge is 0.261 e. The van der Waals surface area contributed by atoms with Crippen molar-refractivity contribution in [3.8, 4) is 11.5 Å². The highest BCUT2D eigenvalue weighted by Gasteiger charge is 2.18. The van der Waals surface area contributed by atoms with E-state index >= 15 is 0 Å². The summed E-state index contributed by atoms with van der Waals surface area (Å²) >= 11 is 0. The van der Waals surface area contributed by atoms with Crippen LogP contribution in [0.1, 0.15) is 28.0 Å². The number of ether oxygens (including phenoxy) is 1. The number of rotatable bonds is 4. The fourth-order valence-corrected chi connectivity index (χ4v) is 3.11. The summed E-state index contributed by atoms with van der Waals surface area (Å²) in [5.74, 6) is 1.01. The van der Waals surface area contributed by atoms with Crippen LogP contribution in [-0.2, 0) is 12.8 Å². The van der Waals surface area contributed by atoms with Gasteiger partial charge in [-0.3, -0.25) is 9.59 Å². The molecular formula is C21H18N2O3. The number of para-hydroxylation sites is 1. The average molecular weight is 346 g/mol. The molecule has 0 bridgehead atoms. The zero-order valence-electron chi connectivity index (χ0n) is 14.1. The summed E-state index contributed by atoms with van der Waals surface area (Å²) in [5.41, 5.74) is 2.42. The Morgan fingerprint density at radius 3 is 2.46 bits per heavy atom. The number of carbonyl (C=O) groups is 1. The normalized spacial score (nSPS) is 12.5. The van der Waals surface area contributed by atoms with Crippen LogP contribution in [0.5, 0.6) is 11.5 Å². The van der Waals surface area contributed by atoms with Crippen molar-refractivity contribution in [3.05, 3.63) is 87.8 Å². The molecule has 2 N–H and O–H groups in total. The number of aryl methyl sites for hydroxylation is 2. The Hall–Kier alpha value is -3.34. The van der Waals surface area contributed by atoms with Crippen LogP contribution in [-0.4, -0.2) is 10.9 Å². The van der Waals surface area contributed by atoms with Crippen LogP contribution in [0.3, 0.4) is 0 Å². The molecule has 4 rings (SSSR count). The molecular weight excluding hydrogens is 328 g/mol. The largest absolute Gasteiger partial charge is 0.457 e. The van der Waals surface area contributed by atoms with Crippen LogP contribution in [0, 0.1) is 0 Å². The molecule has 5 heteroatoms. The van der Waals surface area contributed by atoms with Crippen molar-refractivity contribution in [3.63, 3.8) is 0 Å². The van der Waals surface area contributed by atoms with E-state index < -0.39 is 5.91 Å². The van der Waals surface area contributed by atoms with Crippen molar-refractivity contribution in [1.29, 1.82) is 0 Å². The highest BCUT2D eigenvalue weighted by Crippen LogP contribution is 2.23. The number of fused-ring (bicyclic) bond motifs is 1. The molecule has 2 aromatic carbocycles. The summed E-state index contributed by atoms with van der Waals surface area (Å²) in [6.45, 7) is 0. The summed E-state index contributed by atoms with van der Waals surface area (Å²) in [6.07, 6.45) is 2.78. The number of anilines is 1. The number of carbonyl (C=O) groups excluding carboxylic acids is 1. The molecule has 0 radical (unpaired) electrons. The molecule has 1 amide bonds. The van der Waals surface area contributed by atoms with E-state index in [4.69, 9.17) is 4.74 Å². The van der Waals surface area contributed by atoms with E-state index in [9.17, 15) is 9.59 Å². The molecule has 1 aliphatic rings. The van der Waals surface area contributed by atoms with E-state index in [-0.39, 0.29) is 11.1 Å². The van der Waals surface area contributed by atoms with E-state index in [2.05, 4.69) is 10.3 Å². The van der Waals surface area contributed by atoms with Crippen LogP contribution < -0.4 is 15.6 Å². The Morgan fingerprint density at radius 1 is 0.962 bits per heavy atom. The molecule has 0 saturated heterocycles. The van der Waals surface area contributed by atoms with Gasteiger partial charge in [0.1, 0.15) is 17.1 Å². The van der Waals surface area contributed by atoms with Crippen molar-refractivity contribution in [2.24, 2.45) is 0 Å². The Morgan fingerprint density at radius 2 is 1.69 bits per heavy atom. The third kappa shape index (κ3) is 3.37. The Balaban J connectivity index is 1.47. The third-order valence-corrected chi connectivity index (χ3v) is 4.42. The lowest BCUT2D eigenvalue weighted by atomic mass is 10.1. The predicted molar refractivity (Wildman–Crippen MR) is 100.0 cm³/mol. The van der Waals surface area contributed by atoms with Crippen LogP contribution >= 0.6 is 0 Å². The fraction of sp³-hybridized carbons (Fsp3) is 0.143. The van der Waals surface area contributed by atoms with E-state index in [1.165, 1.54) is 0 Å². The third-order valence-electron chi connectivity index (χ3n) is 4.42. The first-order valence-electron chi connectivity index (χ1n) is 8.58. The van der Waals surface area contributed by atoms with E-state index in [0.29, 0.717) is 11.4 Å². The van der Waals surface area contributed by atoms with Crippen molar-refractivity contribution in [2.45, 2.75) is 19.3 Å². The average Bonchev–Trinajstić information content (AvgIpc) is 3.10. The second kappa shape index (κ2) is 6.88. The monoisotopic (exact) mass is 346 g/mol. The number of aromatic nitrogens is 1. The molecule has 1 aromatic heterocycles. The van der Waals surface area contributed by atoms with Crippen LogP contribution in [0.4, 0.5) is 5.69 Å². The topological polar surface area (TPSA) is 71.2 Å². The van der Waals surface area contributed by atoms with Gasteiger partial charge < -0.3 is 15.0 Å². The van der Waals surface area contributed by atoms with Gasteiger partial charge in [-0.2, -0.15) is 0 Å². The van der Waals surface area contributed by atoms with Gasteiger partial charge in [0.25, 0.3) is 11.5 Å². The van der Waals surface area contributed by atoms with Gasteiger partial charge in [-0.1, -0.05) is 18.2 Å². The SMILES string of the molecule is O=C(Nc1ccc(Oc2ccccc2)cc1)c1cc2c([nH]c1=O)CCC2. The summed E-state index contributed by atoms with van der Waals surface area (Å²) in [5, 5.41) is 2.77. The maximum Gasteiger partial charge on any atom is 0.261 e. The van der Waals surface area contributed by atoms with Gasteiger partial charge >= 0.3 is 0 Å². The lowest BCUT2D eigenvalue weighted by molar-refractivity contribution is 0.102. The molecule has 5 nitrogen and oxygen atoms in total. The van der Waals surface area contributed by atoms with Gasteiger partial charge in [0, 0.05) is 11.4 Å². The van der Waals surface area contributed by atoms with Crippen LogP contribution in [0.25, 0.3) is 0 Å². The van der Waals surface area contributed by atoms with E-state index in [0.717, 1.165) is 36.3 Å². The number of H-pyrrole nitrogens is 1. The first-order chi connectivity index (χ1) is 12.7. The molecule has 0 unspecified atom stereocenters. The van der Waals surface area contributed by atoms with Gasteiger partial charge in [-0.15, -0.1) is 0 Å². The van der Waals surface area contributed by atoms with Gasteiger partial charge in [0.15, 0.2) is 0 Å². The maximum atomic E-state index is 12.4. The maximum absolute atomic E-state index is 12.4. The van der Waals surface area contributed by atoms with Crippen molar-refractivity contribution in [1.82, 2.24) is 4.98 Å². The predicted octanol–water partition coefficient (Wildman–Crippen LogP) is 3.91. The lowest BCUT2D eigenvalue weighted by Crippen LogP contribution is -2.24. The number of hydrogen-bond donors (Lipinski definition) is 2. The van der Waals surface area contributed by atoms with E-state index in [1.54, 1.807) is 30.3 Å². The van der Waals surface area contributed by atoms with Gasteiger partial charge in [-0.05, 0) is 67.3 Å². The second-order valence-corrected chi connectivity index (χ2v) is 6.26. The molecule has 0 aliphatic heterocycles. The van der Waals surface area contributed by atoms with Gasteiger partial charge in [0.05, 0.1) is 0 Å². The van der Waals surface area contributed by atoms with Crippen LogP contribution in [0.15, 0.2) is 65.5 Å². The van der Waals surface area contributed by atoms with Crippen molar-refractivity contribution in [2.75, 3.05) is 5.32 Å². The first kappa shape index (κ1) is 16.1. The first-order valence-corrected chi connectivity index (χ1v) is 8.58. The van der Waals surface area contributed by atoms with Crippen LogP contribution in [0.2, 0.25) is 0 Å². The number of hydrogen-bond acceptors (Lipinski definition) is 3. The second-order valence-electron chi connectivity index (χ2n) is 6.26. The number of benzene rings is 2. The minimum atomic E-state index is -0.405.